The second-order valence-corrected chi connectivity index (χ2v) is 9.52. The fourth-order valence-corrected chi connectivity index (χ4v) is 4.35. The van der Waals surface area contributed by atoms with E-state index in [0.29, 0.717) is 16.0 Å². The number of nitrogens with zero attached hydrogens (tertiary/aromatic N) is 2. The Morgan fingerprint density at radius 1 is 1.12 bits per heavy atom. The fourth-order valence-electron chi connectivity index (χ4n) is 3.19. The van der Waals surface area contributed by atoms with Crippen molar-refractivity contribution in [1.82, 2.24) is 19.2 Å². The highest BCUT2D eigenvalue weighted by molar-refractivity contribution is 7.87. The van der Waals surface area contributed by atoms with Crippen LogP contribution in [-0.2, 0) is 10.2 Å². The first-order chi connectivity index (χ1) is 12.3. The van der Waals surface area contributed by atoms with Gasteiger partial charge in [0.15, 0.2) is 0 Å². The van der Waals surface area contributed by atoms with Gasteiger partial charge < -0.3 is 0 Å². The Morgan fingerprint density at radius 3 is 2.42 bits per heavy atom. The molecule has 1 fully saturated rings. The summed E-state index contributed by atoms with van der Waals surface area (Å²) in [5.74, 6) is 0.346. The second kappa shape index (κ2) is 7.86. The van der Waals surface area contributed by atoms with Crippen molar-refractivity contribution < 1.29 is 8.42 Å². The molecule has 0 spiro atoms. The zero-order valence-corrected chi connectivity index (χ0v) is 17.0. The van der Waals surface area contributed by atoms with E-state index in [-0.39, 0.29) is 6.04 Å². The third-order valence-electron chi connectivity index (χ3n) is 4.78. The minimum atomic E-state index is -3.38. The maximum atomic E-state index is 11.9. The van der Waals surface area contributed by atoms with Gasteiger partial charge in [0, 0.05) is 37.3 Å². The standard InChI is InChI=1S/C17H22Cl2N4O2S/c1-23(2)26(24,25)22-13-6-3-11(4-7-13)16-10-17(21-20-16)12-5-8-14(18)15(19)9-12/h5,8-11,13,22H,3-4,6-7H2,1-2H3,(H,20,21). The van der Waals surface area contributed by atoms with E-state index >= 15 is 0 Å². The summed E-state index contributed by atoms with van der Waals surface area (Å²) in [6.07, 6.45) is 3.42. The Bertz CT molecular complexity index is 875. The molecule has 2 N–H and O–H groups in total. The first-order valence-corrected chi connectivity index (χ1v) is 10.7. The van der Waals surface area contributed by atoms with E-state index in [2.05, 4.69) is 14.9 Å². The Hall–Kier alpha value is -1.12. The van der Waals surface area contributed by atoms with Gasteiger partial charge in [-0.1, -0.05) is 29.3 Å². The Balaban J connectivity index is 1.64. The molecule has 0 unspecified atom stereocenters. The van der Waals surface area contributed by atoms with E-state index < -0.39 is 10.2 Å². The van der Waals surface area contributed by atoms with Gasteiger partial charge in [-0.25, -0.2) is 0 Å². The summed E-state index contributed by atoms with van der Waals surface area (Å²) < 4.78 is 27.8. The molecule has 0 atom stereocenters. The van der Waals surface area contributed by atoms with E-state index in [0.717, 1.165) is 42.6 Å². The predicted octanol–water partition coefficient (Wildman–Crippen LogP) is 3.81. The Kier molecular flexibility index (Phi) is 5.94. The van der Waals surface area contributed by atoms with Gasteiger partial charge in [-0.05, 0) is 43.9 Å². The molecule has 142 valence electrons. The minimum Gasteiger partial charge on any atom is -0.282 e. The van der Waals surface area contributed by atoms with Crippen LogP contribution < -0.4 is 4.72 Å². The molecule has 9 heteroatoms. The molecular formula is C17H22Cl2N4O2S. The molecule has 1 aliphatic carbocycles. The van der Waals surface area contributed by atoms with E-state index in [4.69, 9.17) is 23.2 Å². The van der Waals surface area contributed by atoms with Crippen LogP contribution in [-0.4, -0.2) is 43.1 Å². The van der Waals surface area contributed by atoms with Crippen molar-refractivity contribution in [3.05, 3.63) is 40.0 Å². The van der Waals surface area contributed by atoms with Crippen LogP contribution in [0.1, 0.15) is 37.3 Å². The Morgan fingerprint density at radius 2 is 1.81 bits per heavy atom. The highest BCUT2D eigenvalue weighted by Gasteiger charge is 2.27. The third-order valence-corrected chi connectivity index (χ3v) is 7.11. The van der Waals surface area contributed by atoms with Gasteiger partial charge in [-0.2, -0.15) is 22.5 Å². The third kappa shape index (κ3) is 4.40. The van der Waals surface area contributed by atoms with Crippen molar-refractivity contribution in [2.45, 2.75) is 37.6 Å². The van der Waals surface area contributed by atoms with Gasteiger partial charge in [0.1, 0.15) is 0 Å². The summed E-state index contributed by atoms with van der Waals surface area (Å²) in [6, 6.07) is 7.47. The largest absolute Gasteiger partial charge is 0.282 e. The van der Waals surface area contributed by atoms with Gasteiger partial charge in [0.25, 0.3) is 10.2 Å². The van der Waals surface area contributed by atoms with Gasteiger partial charge in [-0.3, -0.25) is 5.10 Å². The van der Waals surface area contributed by atoms with Gasteiger partial charge in [0.2, 0.25) is 0 Å². The predicted molar refractivity (Wildman–Crippen MR) is 105 cm³/mol. The summed E-state index contributed by atoms with van der Waals surface area (Å²) in [7, 11) is -0.318. The van der Waals surface area contributed by atoms with Gasteiger partial charge in [0.05, 0.1) is 15.7 Å². The molecule has 6 nitrogen and oxygen atoms in total. The number of hydrogen-bond acceptors (Lipinski definition) is 3. The maximum absolute atomic E-state index is 11.9. The van der Waals surface area contributed by atoms with E-state index in [1.54, 1.807) is 12.1 Å². The minimum absolute atomic E-state index is 0.0175. The molecule has 3 rings (SSSR count). The summed E-state index contributed by atoms with van der Waals surface area (Å²) in [6.45, 7) is 0. The average molecular weight is 417 g/mol. The molecule has 2 aromatic rings. The van der Waals surface area contributed by atoms with Crippen LogP contribution in [0.4, 0.5) is 0 Å². The number of H-pyrrole nitrogens is 1. The van der Waals surface area contributed by atoms with Crippen molar-refractivity contribution >= 4 is 33.4 Å². The summed E-state index contributed by atoms with van der Waals surface area (Å²) >= 11 is 12.0. The second-order valence-electron chi connectivity index (χ2n) is 6.79. The highest BCUT2D eigenvalue weighted by atomic mass is 35.5. The van der Waals surface area contributed by atoms with Crippen molar-refractivity contribution in [3.8, 4) is 11.3 Å². The van der Waals surface area contributed by atoms with E-state index in [1.807, 2.05) is 12.1 Å². The Labute approximate surface area is 164 Å². The molecule has 1 saturated carbocycles. The van der Waals surface area contributed by atoms with E-state index in [1.165, 1.54) is 18.4 Å². The fraction of sp³-hybridized carbons (Fsp3) is 0.471. The van der Waals surface area contributed by atoms with Crippen LogP contribution in [0.15, 0.2) is 24.3 Å². The molecule has 0 bridgehead atoms. The lowest BCUT2D eigenvalue weighted by molar-refractivity contribution is 0.363. The van der Waals surface area contributed by atoms with Crippen molar-refractivity contribution in [3.63, 3.8) is 0 Å². The van der Waals surface area contributed by atoms with E-state index in [9.17, 15) is 8.42 Å². The van der Waals surface area contributed by atoms with Crippen LogP contribution in [0.3, 0.4) is 0 Å². The summed E-state index contributed by atoms with van der Waals surface area (Å²) in [4.78, 5) is 0. The zero-order chi connectivity index (χ0) is 18.9. The lowest BCUT2D eigenvalue weighted by Crippen LogP contribution is -2.43. The molecule has 26 heavy (non-hydrogen) atoms. The summed E-state index contributed by atoms with van der Waals surface area (Å²) in [5.41, 5.74) is 2.81. The zero-order valence-electron chi connectivity index (χ0n) is 14.7. The number of nitrogens with one attached hydrogen (secondary N) is 2. The first-order valence-electron chi connectivity index (χ1n) is 8.47. The topological polar surface area (TPSA) is 78.1 Å². The molecule has 1 aromatic heterocycles. The van der Waals surface area contributed by atoms with Gasteiger partial charge in [-0.15, -0.1) is 0 Å². The smallest absolute Gasteiger partial charge is 0.279 e. The number of benzene rings is 1. The normalized spacial score (nSPS) is 21.3. The monoisotopic (exact) mass is 416 g/mol. The van der Waals surface area contributed by atoms with Crippen molar-refractivity contribution in [2.24, 2.45) is 0 Å². The molecule has 1 heterocycles. The van der Waals surface area contributed by atoms with Gasteiger partial charge >= 0.3 is 0 Å². The molecule has 0 aliphatic heterocycles. The highest BCUT2D eigenvalue weighted by Crippen LogP contribution is 2.34. The number of halogens is 2. The molecular weight excluding hydrogens is 395 g/mol. The molecule has 1 aromatic carbocycles. The van der Waals surface area contributed by atoms with Crippen LogP contribution >= 0.6 is 23.2 Å². The first kappa shape index (κ1) is 19.6. The number of aromatic amines is 1. The number of aromatic nitrogens is 2. The molecule has 0 saturated heterocycles. The quantitative estimate of drug-likeness (QED) is 0.777. The van der Waals surface area contributed by atoms with Crippen LogP contribution in [0, 0.1) is 0 Å². The van der Waals surface area contributed by atoms with Crippen LogP contribution in [0.5, 0.6) is 0 Å². The lowest BCUT2D eigenvalue weighted by Gasteiger charge is -2.29. The number of rotatable bonds is 5. The lowest BCUT2D eigenvalue weighted by atomic mass is 9.84. The SMILES string of the molecule is CN(C)S(=O)(=O)NC1CCC(c2cc(-c3ccc(Cl)c(Cl)c3)n[nH]2)CC1. The van der Waals surface area contributed by atoms with Crippen LogP contribution in [0.2, 0.25) is 10.0 Å². The average Bonchev–Trinajstić information content (AvgIpc) is 3.07. The van der Waals surface area contributed by atoms with Crippen molar-refractivity contribution in [1.29, 1.82) is 0 Å². The number of hydrogen-bond donors (Lipinski definition) is 2. The van der Waals surface area contributed by atoms with Crippen molar-refractivity contribution in [2.75, 3.05) is 14.1 Å². The maximum Gasteiger partial charge on any atom is 0.279 e. The molecule has 1 aliphatic rings. The summed E-state index contributed by atoms with van der Waals surface area (Å²) in [5, 5.41) is 8.53. The molecule has 0 amide bonds. The van der Waals surface area contributed by atoms with Crippen LogP contribution in [0.25, 0.3) is 11.3 Å². The molecule has 0 radical (unpaired) electrons.